The Labute approximate surface area is 107 Å². The molecule has 6 nitrogen and oxygen atoms in total. The third-order valence-corrected chi connectivity index (χ3v) is 3.27. The number of aromatic carboxylic acids is 1. The van der Waals surface area contributed by atoms with Gasteiger partial charge in [-0.1, -0.05) is 16.5 Å². The van der Waals surface area contributed by atoms with E-state index in [1.807, 2.05) is 0 Å². The number of hydrogen-bond donors (Lipinski definition) is 2. The van der Waals surface area contributed by atoms with Crippen LogP contribution in [0, 0.1) is 5.82 Å². The first-order valence-corrected chi connectivity index (χ1v) is 6.51. The SMILES string of the molecule is CCONS(=O)(=O)c1cc(Cl)cc(C(=O)O)c1F. The van der Waals surface area contributed by atoms with Gasteiger partial charge in [0.1, 0.15) is 4.90 Å². The van der Waals surface area contributed by atoms with E-state index in [1.54, 1.807) is 4.89 Å². The van der Waals surface area contributed by atoms with Crippen LogP contribution in [-0.2, 0) is 14.9 Å². The smallest absolute Gasteiger partial charge is 0.338 e. The van der Waals surface area contributed by atoms with Crippen molar-refractivity contribution >= 4 is 27.6 Å². The molecular weight excluding hydrogens is 289 g/mol. The summed E-state index contributed by atoms with van der Waals surface area (Å²) in [5.74, 6) is -3.03. The number of nitrogens with one attached hydrogen (secondary N) is 1. The summed E-state index contributed by atoms with van der Waals surface area (Å²) in [7, 11) is -4.33. The molecule has 0 amide bonds. The topological polar surface area (TPSA) is 92.7 Å². The number of benzene rings is 1. The van der Waals surface area contributed by atoms with Crippen LogP contribution in [0.4, 0.5) is 4.39 Å². The first-order chi connectivity index (χ1) is 8.29. The summed E-state index contributed by atoms with van der Waals surface area (Å²) in [5, 5.41) is 8.49. The fraction of sp³-hybridized carbons (Fsp3) is 0.222. The molecular formula is C9H9ClFNO5S. The van der Waals surface area contributed by atoms with Crippen molar-refractivity contribution in [2.75, 3.05) is 6.61 Å². The van der Waals surface area contributed by atoms with Crippen LogP contribution in [0.3, 0.4) is 0 Å². The van der Waals surface area contributed by atoms with Crippen molar-refractivity contribution in [1.82, 2.24) is 4.89 Å². The molecule has 9 heteroatoms. The van der Waals surface area contributed by atoms with Gasteiger partial charge in [-0.25, -0.2) is 17.6 Å². The fourth-order valence-corrected chi connectivity index (χ4v) is 2.37. The Morgan fingerprint density at radius 1 is 1.56 bits per heavy atom. The number of carbonyl (C=O) groups is 1. The molecule has 18 heavy (non-hydrogen) atoms. The zero-order chi connectivity index (χ0) is 13.9. The third-order valence-electron chi connectivity index (χ3n) is 1.84. The monoisotopic (exact) mass is 297 g/mol. The quantitative estimate of drug-likeness (QED) is 0.802. The maximum Gasteiger partial charge on any atom is 0.338 e. The second kappa shape index (κ2) is 5.61. The highest BCUT2D eigenvalue weighted by atomic mass is 35.5. The molecule has 0 saturated carbocycles. The minimum Gasteiger partial charge on any atom is -0.478 e. The van der Waals surface area contributed by atoms with Crippen LogP contribution in [0.2, 0.25) is 5.02 Å². The highest BCUT2D eigenvalue weighted by molar-refractivity contribution is 7.89. The van der Waals surface area contributed by atoms with E-state index >= 15 is 0 Å². The van der Waals surface area contributed by atoms with Crippen molar-refractivity contribution in [3.05, 3.63) is 28.5 Å². The number of hydrogen-bond acceptors (Lipinski definition) is 4. The second-order valence-corrected chi connectivity index (χ2v) is 5.14. The molecule has 2 N–H and O–H groups in total. The number of sulfonamides is 1. The zero-order valence-electron chi connectivity index (χ0n) is 9.11. The molecule has 0 fully saturated rings. The van der Waals surface area contributed by atoms with Gasteiger partial charge < -0.3 is 5.11 Å². The molecule has 0 saturated heterocycles. The predicted octanol–water partition coefficient (Wildman–Crippen LogP) is 1.41. The van der Waals surface area contributed by atoms with Gasteiger partial charge in [0.25, 0.3) is 10.0 Å². The molecule has 100 valence electrons. The Hall–Kier alpha value is -1.22. The summed E-state index contributed by atoms with van der Waals surface area (Å²) in [6, 6.07) is 1.61. The van der Waals surface area contributed by atoms with Gasteiger partial charge in [0.2, 0.25) is 0 Å². The van der Waals surface area contributed by atoms with E-state index in [9.17, 15) is 17.6 Å². The highest BCUT2D eigenvalue weighted by Gasteiger charge is 2.25. The first-order valence-electron chi connectivity index (χ1n) is 4.65. The predicted molar refractivity (Wildman–Crippen MR) is 60.3 cm³/mol. The van der Waals surface area contributed by atoms with Crippen LogP contribution < -0.4 is 4.89 Å². The number of halogens is 2. The summed E-state index contributed by atoms with van der Waals surface area (Å²) >= 11 is 5.54. The van der Waals surface area contributed by atoms with Gasteiger partial charge >= 0.3 is 5.97 Å². The van der Waals surface area contributed by atoms with Crippen molar-refractivity contribution in [2.24, 2.45) is 0 Å². The minimum atomic E-state index is -4.33. The summed E-state index contributed by atoms with van der Waals surface area (Å²) in [4.78, 5) is 15.9. The van der Waals surface area contributed by atoms with E-state index in [0.29, 0.717) is 0 Å². The lowest BCUT2D eigenvalue weighted by Crippen LogP contribution is -2.25. The lowest BCUT2D eigenvalue weighted by Gasteiger charge is -2.08. The maximum atomic E-state index is 13.7. The molecule has 0 aliphatic rings. The van der Waals surface area contributed by atoms with E-state index in [1.165, 1.54) is 6.92 Å². The van der Waals surface area contributed by atoms with Crippen molar-refractivity contribution in [3.63, 3.8) is 0 Å². The average molecular weight is 298 g/mol. The highest BCUT2D eigenvalue weighted by Crippen LogP contribution is 2.23. The number of carboxylic acids is 1. The van der Waals surface area contributed by atoms with E-state index in [0.717, 1.165) is 12.1 Å². The molecule has 0 aliphatic heterocycles. The van der Waals surface area contributed by atoms with E-state index in [4.69, 9.17) is 16.7 Å². The summed E-state index contributed by atoms with van der Waals surface area (Å²) < 4.78 is 36.9. The van der Waals surface area contributed by atoms with Crippen LogP contribution in [0.1, 0.15) is 17.3 Å². The molecule has 0 atom stereocenters. The Kier molecular flexibility index (Phi) is 4.63. The lowest BCUT2D eigenvalue weighted by atomic mass is 10.2. The first kappa shape index (κ1) is 14.8. The van der Waals surface area contributed by atoms with E-state index in [2.05, 4.69) is 4.84 Å². The third kappa shape index (κ3) is 3.16. The van der Waals surface area contributed by atoms with Gasteiger partial charge in [-0.3, -0.25) is 4.84 Å². The Bertz CT molecular complexity index is 575. The average Bonchev–Trinajstić information content (AvgIpc) is 2.28. The van der Waals surface area contributed by atoms with Crippen LogP contribution in [0.25, 0.3) is 0 Å². The van der Waals surface area contributed by atoms with Gasteiger partial charge in [-0.2, -0.15) is 0 Å². The van der Waals surface area contributed by atoms with E-state index in [-0.39, 0.29) is 11.6 Å². The molecule has 0 aromatic heterocycles. The van der Waals surface area contributed by atoms with Gasteiger partial charge in [0, 0.05) is 5.02 Å². The largest absolute Gasteiger partial charge is 0.478 e. The van der Waals surface area contributed by atoms with E-state index < -0.39 is 32.3 Å². The summed E-state index contributed by atoms with van der Waals surface area (Å²) in [5.41, 5.74) is -0.834. The second-order valence-electron chi connectivity index (χ2n) is 3.09. The van der Waals surface area contributed by atoms with Crippen LogP contribution in [0.15, 0.2) is 17.0 Å². The minimum absolute atomic E-state index is 0.0210. The maximum absolute atomic E-state index is 13.7. The van der Waals surface area contributed by atoms with Crippen LogP contribution in [-0.4, -0.2) is 26.1 Å². The van der Waals surface area contributed by atoms with Crippen molar-refractivity contribution in [3.8, 4) is 0 Å². The number of rotatable bonds is 5. The summed E-state index contributed by atoms with van der Waals surface area (Å²) in [6.07, 6.45) is 0. The summed E-state index contributed by atoms with van der Waals surface area (Å²) in [6.45, 7) is 1.53. The lowest BCUT2D eigenvalue weighted by molar-refractivity contribution is 0.0691. The zero-order valence-corrected chi connectivity index (χ0v) is 10.7. The standard InChI is InChI=1S/C9H9ClFNO5S/c1-2-17-12-18(15,16)7-4-5(10)3-6(8(7)11)9(13)14/h3-4,12H,2H2,1H3,(H,13,14). The Morgan fingerprint density at radius 3 is 2.67 bits per heavy atom. The fourth-order valence-electron chi connectivity index (χ4n) is 1.10. The molecule has 1 aromatic carbocycles. The van der Waals surface area contributed by atoms with Gasteiger partial charge in [0.15, 0.2) is 5.82 Å². The van der Waals surface area contributed by atoms with Crippen molar-refractivity contribution in [2.45, 2.75) is 11.8 Å². The molecule has 0 bridgehead atoms. The molecule has 0 aliphatic carbocycles. The molecule has 1 rings (SSSR count). The molecule has 0 unspecified atom stereocenters. The van der Waals surface area contributed by atoms with Crippen molar-refractivity contribution in [1.29, 1.82) is 0 Å². The molecule has 0 spiro atoms. The van der Waals surface area contributed by atoms with Gasteiger partial charge in [-0.05, 0) is 19.1 Å². The van der Waals surface area contributed by atoms with Crippen LogP contribution >= 0.6 is 11.6 Å². The molecule has 0 heterocycles. The van der Waals surface area contributed by atoms with Crippen LogP contribution in [0.5, 0.6) is 0 Å². The van der Waals surface area contributed by atoms with Gasteiger partial charge in [-0.15, -0.1) is 0 Å². The van der Waals surface area contributed by atoms with Crippen molar-refractivity contribution < 1.29 is 27.5 Å². The normalized spacial score (nSPS) is 11.5. The van der Waals surface area contributed by atoms with Gasteiger partial charge in [0.05, 0.1) is 12.2 Å². The molecule has 1 aromatic rings. The molecule has 0 radical (unpaired) electrons. The Balaban J connectivity index is 3.37. The Morgan fingerprint density at radius 2 is 2.17 bits per heavy atom. The number of carboxylic acid groups (broad SMARTS) is 1.